The maximum absolute atomic E-state index is 13.3. The van der Waals surface area contributed by atoms with Crippen molar-refractivity contribution < 1.29 is 4.79 Å². The molecule has 1 aromatic heterocycles. The van der Waals surface area contributed by atoms with Gasteiger partial charge >= 0.3 is 0 Å². The van der Waals surface area contributed by atoms with Crippen molar-refractivity contribution in [1.82, 2.24) is 14.8 Å². The number of aromatic nitrogens is 1. The molecule has 4 heterocycles. The van der Waals surface area contributed by atoms with Crippen molar-refractivity contribution in [3.05, 3.63) is 41.1 Å². The zero-order valence-corrected chi connectivity index (χ0v) is 16.4. The normalized spacial score (nSPS) is 25.8. The van der Waals surface area contributed by atoms with Crippen LogP contribution in [0, 0.1) is 25.7 Å². The van der Waals surface area contributed by atoms with Gasteiger partial charge in [-0.15, -0.1) is 0 Å². The van der Waals surface area contributed by atoms with Crippen molar-refractivity contribution in [2.45, 2.75) is 45.6 Å². The number of benzene rings is 1. The van der Waals surface area contributed by atoms with Gasteiger partial charge in [0.2, 0.25) is 0 Å². The van der Waals surface area contributed by atoms with Gasteiger partial charge in [-0.2, -0.15) is 0 Å². The number of aryl methyl sites for hydroxylation is 2. The summed E-state index contributed by atoms with van der Waals surface area (Å²) < 4.78 is 0. The molecule has 3 aliphatic heterocycles. The van der Waals surface area contributed by atoms with Crippen LogP contribution in [0.5, 0.6) is 0 Å². The largest absolute Gasteiger partial charge is 0.337 e. The first-order valence-electron chi connectivity index (χ1n) is 10.5. The maximum Gasteiger partial charge on any atom is 0.253 e. The molecule has 6 rings (SSSR count). The summed E-state index contributed by atoms with van der Waals surface area (Å²) in [6.45, 7) is 8.36. The number of amides is 1. The molecule has 2 aromatic rings. The van der Waals surface area contributed by atoms with Gasteiger partial charge in [0, 0.05) is 48.9 Å². The number of fused-ring (bicyclic) bond motifs is 5. The summed E-state index contributed by atoms with van der Waals surface area (Å²) in [6, 6.07) is 8.70. The highest BCUT2D eigenvalue weighted by molar-refractivity contribution is 5.98. The zero-order valence-electron chi connectivity index (χ0n) is 16.4. The molecule has 2 bridgehead atoms. The number of hydrogen-bond donors (Lipinski definition) is 0. The Bertz CT molecular complexity index is 889. The molecule has 2 atom stereocenters. The van der Waals surface area contributed by atoms with Crippen molar-refractivity contribution in [3.63, 3.8) is 0 Å². The van der Waals surface area contributed by atoms with Crippen LogP contribution in [-0.2, 0) is 0 Å². The number of hydrogen-bond acceptors (Lipinski definition) is 3. The number of carbonyl (C=O) groups excluding carboxylic acids is 1. The lowest BCUT2D eigenvalue weighted by Crippen LogP contribution is -2.45. The third-order valence-electron chi connectivity index (χ3n) is 6.70. The Morgan fingerprint density at radius 3 is 2.74 bits per heavy atom. The summed E-state index contributed by atoms with van der Waals surface area (Å²) in [6.07, 6.45) is 5.32. The van der Waals surface area contributed by atoms with Crippen molar-refractivity contribution in [2.75, 3.05) is 26.2 Å². The van der Waals surface area contributed by atoms with E-state index in [4.69, 9.17) is 0 Å². The van der Waals surface area contributed by atoms with Gasteiger partial charge in [-0.1, -0.05) is 6.07 Å². The van der Waals surface area contributed by atoms with Crippen LogP contribution < -0.4 is 0 Å². The second-order valence-electron chi connectivity index (χ2n) is 9.02. The van der Waals surface area contributed by atoms with Crippen molar-refractivity contribution in [2.24, 2.45) is 11.8 Å². The van der Waals surface area contributed by atoms with Crippen LogP contribution >= 0.6 is 0 Å². The first kappa shape index (κ1) is 17.2. The highest BCUT2D eigenvalue weighted by Crippen LogP contribution is 2.35. The van der Waals surface area contributed by atoms with E-state index in [9.17, 15) is 4.79 Å². The van der Waals surface area contributed by atoms with Gasteiger partial charge in [-0.3, -0.25) is 14.7 Å². The second kappa shape index (κ2) is 6.59. The number of rotatable bonds is 3. The molecule has 4 fully saturated rings. The third kappa shape index (κ3) is 3.36. The highest BCUT2D eigenvalue weighted by atomic mass is 16.2. The molecule has 0 unspecified atom stereocenters. The molecule has 4 aliphatic rings. The molecule has 0 N–H and O–H groups in total. The first-order chi connectivity index (χ1) is 13.1. The zero-order chi connectivity index (χ0) is 18.5. The summed E-state index contributed by atoms with van der Waals surface area (Å²) >= 11 is 0. The summed E-state index contributed by atoms with van der Waals surface area (Å²) in [5.41, 5.74) is 3.95. The molecular formula is C23H29N3O. The highest BCUT2D eigenvalue weighted by Gasteiger charge is 2.38. The number of nitrogens with zero attached hydrogens (tertiary/aromatic N) is 3. The van der Waals surface area contributed by atoms with Gasteiger partial charge in [-0.05, 0) is 75.1 Å². The Kier molecular flexibility index (Phi) is 4.19. The molecular weight excluding hydrogens is 334 g/mol. The van der Waals surface area contributed by atoms with Crippen LogP contribution in [0.15, 0.2) is 24.3 Å². The van der Waals surface area contributed by atoms with E-state index in [1.54, 1.807) is 0 Å². The standard InChI is InChI=1S/C23H29N3O/c1-15-9-16(2)24-22-10-19(6-8-21(15)22)23(27)26-13-18-5-7-20(14-26)25(12-18)11-17-3-4-17/h6,8-10,17-18,20H,3-5,7,11-14H2,1-2H3/t18-,20-/m1/s1. The van der Waals surface area contributed by atoms with E-state index >= 15 is 0 Å². The van der Waals surface area contributed by atoms with E-state index < -0.39 is 0 Å². The second-order valence-corrected chi connectivity index (χ2v) is 9.02. The van der Waals surface area contributed by atoms with Gasteiger partial charge in [0.15, 0.2) is 0 Å². The summed E-state index contributed by atoms with van der Waals surface area (Å²) in [5.74, 6) is 1.74. The predicted octanol–water partition coefficient (Wildman–Crippen LogP) is 3.80. The van der Waals surface area contributed by atoms with Gasteiger partial charge in [-0.25, -0.2) is 0 Å². The predicted molar refractivity (Wildman–Crippen MR) is 108 cm³/mol. The molecule has 142 valence electrons. The van der Waals surface area contributed by atoms with Crippen molar-refractivity contribution in [3.8, 4) is 0 Å². The Morgan fingerprint density at radius 1 is 1.07 bits per heavy atom. The van der Waals surface area contributed by atoms with E-state index in [-0.39, 0.29) is 5.91 Å². The maximum atomic E-state index is 13.3. The molecule has 0 spiro atoms. The minimum atomic E-state index is 0.183. The van der Waals surface area contributed by atoms with E-state index in [1.165, 1.54) is 44.3 Å². The topological polar surface area (TPSA) is 36.4 Å². The van der Waals surface area contributed by atoms with Crippen LogP contribution in [0.25, 0.3) is 10.9 Å². The number of carbonyl (C=O) groups is 1. The van der Waals surface area contributed by atoms with Crippen molar-refractivity contribution >= 4 is 16.8 Å². The van der Waals surface area contributed by atoms with Crippen LogP contribution in [-0.4, -0.2) is 52.9 Å². The average Bonchev–Trinajstić information content (AvgIpc) is 3.48. The third-order valence-corrected chi connectivity index (χ3v) is 6.70. The fourth-order valence-corrected chi connectivity index (χ4v) is 5.09. The molecule has 0 radical (unpaired) electrons. The SMILES string of the molecule is Cc1cc(C)c2ccc(C(=O)N3C[C@@H]4CC[C@H](C3)N(CC3CC3)C4)cc2n1. The Hall–Kier alpha value is -1.94. The molecule has 27 heavy (non-hydrogen) atoms. The Morgan fingerprint density at radius 2 is 1.93 bits per heavy atom. The lowest BCUT2D eigenvalue weighted by Gasteiger charge is -2.36. The van der Waals surface area contributed by atoms with Gasteiger partial charge in [0.1, 0.15) is 0 Å². The van der Waals surface area contributed by atoms with Gasteiger partial charge < -0.3 is 4.90 Å². The number of pyridine rings is 1. The molecule has 1 saturated carbocycles. The van der Waals surface area contributed by atoms with Crippen LogP contribution in [0.2, 0.25) is 0 Å². The fraction of sp³-hybridized carbons (Fsp3) is 0.565. The number of piperidine rings is 1. The van der Waals surface area contributed by atoms with Gasteiger partial charge in [0.05, 0.1) is 5.52 Å². The van der Waals surface area contributed by atoms with Crippen LogP contribution in [0.4, 0.5) is 0 Å². The lowest BCUT2D eigenvalue weighted by atomic mass is 9.95. The fourth-order valence-electron chi connectivity index (χ4n) is 5.09. The van der Waals surface area contributed by atoms with E-state index in [0.29, 0.717) is 12.0 Å². The Labute approximate surface area is 161 Å². The molecule has 1 amide bonds. The van der Waals surface area contributed by atoms with Crippen LogP contribution in [0.1, 0.15) is 47.3 Å². The monoisotopic (exact) mass is 363 g/mol. The average molecular weight is 364 g/mol. The molecule has 4 nitrogen and oxygen atoms in total. The molecule has 1 aromatic carbocycles. The molecule has 1 aliphatic carbocycles. The Balaban J connectivity index is 1.39. The molecule has 4 heteroatoms. The summed E-state index contributed by atoms with van der Waals surface area (Å²) in [5, 5.41) is 1.14. The lowest BCUT2D eigenvalue weighted by molar-refractivity contribution is 0.0737. The summed E-state index contributed by atoms with van der Waals surface area (Å²) in [4.78, 5) is 22.8. The smallest absolute Gasteiger partial charge is 0.253 e. The molecule has 3 saturated heterocycles. The van der Waals surface area contributed by atoms with E-state index in [1.807, 2.05) is 19.1 Å². The van der Waals surface area contributed by atoms with E-state index in [2.05, 4.69) is 33.8 Å². The van der Waals surface area contributed by atoms with Crippen molar-refractivity contribution in [1.29, 1.82) is 0 Å². The quantitative estimate of drug-likeness (QED) is 0.832. The minimum absolute atomic E-state index is 0.183. The minimum Gasteiger partial charge on any atom is -0.337 e. The summed E-state index contributed by atoms with van der Waals surface area (Å²) in [7, 11) is 0. The van der Waals surface area contributed by atoms with Crippen LogP contribution in [0.3, 0.4) is 0 Å². The first-order valence-corrected chi connectivity index (χ1v) is 10.5. The van der Waals surface area contributed by atoms with E-state index in [0.717, 1.165) is 41.2 Å². The van der Waals surface area contributed by atoms with Gasteiger partial charge in [0.25, 0.3) is 5.91 Å².